The fourth-order valence-corrected chi connectivity index (χ4v) is 5.05. The number of amides is 1. The van der Waals surface area contributed by atoms with Crippen molar-refractivity contribution in [2.45, 2.75) is 30.6 Å². The van der Waals surface area contributed by atoms with Crippen LogP contribution in [0, 0.1) is 20.8 Å². The van der Waals surface area contributed by atoms with E-state index in [1.807, 2.05) is 5.38 Å². The van der Waals surface area contributed by atoms with Crippen LogP contribution in [0.2, 0.25) is 0 Å². The van der Waals surface area contributed by atoms with E-state index in [1.54, 1.807) is 23.9 Å². The summed E-state index contributed by atoms with van der Waals surface area (Å²) in [6, 6.07) is 16.1. The first kappa shape index (κ1) is 21.1. The van der Waals surface area contributed by atoms with E-state index in [4.69, 9.17) is 5.73 Å². The van der Waals surface area contributed by atoms with Crippen molar-refractivity contribution >= 4 is 40.0 Å². The minimum absolute atomic E-state index is 0.256. The van der Waals surface area contributed by atoms with Gasteiger partial charge in [-0.05, 0) is 68.3 Å². The van der Waals surface area contributed by atoms with Crippen molar-refractivity contribution in [3.63, 3.8) is 0 Å². The third-order valence-electron chi connectivity index (χ3n) is 4.79. The molecule has 0 unspecified atom stereocenters. The van der Waals surface area contributed by atoms with Crippen LogP contribution in [0.1, 0.15) is 27.0 Å². The number of nitrogens with one attached hydrogen (secondary N) is 1. The Labute approximate surface area is 189 Å². The molecule has 0 spiro atoms. The highest BCUT2D eigenvalue weighted by Crippen LogP contribution is 2.36. The van der Waals surface area contributed by atoms with Crippen LogP contribution in [0.4, 0.5) is 10.9 Å². The van der Waals surface area contributed by atoms with E-state index in [0.717, 1.165) is 22.4 Å². The fourth-order valence-electron chi connectivity index (χ4n) is 3.33. The summed E-state index contributed by atoms with van der Waals surface area (Å²) < 4.78 is 0. The molecule has 4 aromatic rings. The second-order valence-corrected chi connectivity index (χ2v) is 9.31. The molecule has 0 aliphatic rings. The maximum atomic E-state index is 12.5. The Hall–Kier alpha value is -3.16. The van der Waals surface area contributed by atoms with Crippen LogP contribution in [-0.2, 0) is 0 Å². The van der Waals surface area contributed by atoms with Crippen LogP contribution >= 0.6 is 23.1 Å². The minimum Gasteiger partial charge on any atom is -0.384 e. The quantitative estimate of drug-likeness (QED) is 0.386. The Morgan fingerprint density at radius 1 is 1.00 bits per heavy atom. The van der Waals surface area contributed by atoms with Gasteiger partial charge in [0.05, 0.1) is 5.69 Å². The lowest BCUT2D eigenvalue weighted by molar-refractivity contribution is 0.102. The summed E-state index contributed by atoms with van der Waals surface area (Å²) in [6.07, 6.45) is 1.51. The Balaban J connectivity index is 1.54. The summed E-state index contributed by atoms with van der Waals surface area (Å²) in [5.41, 5.74) is 11.6. The Morgan fingerprint density at radius 2 is 1.71 bits per heavy atom. The summed E-state index contributed by atoms with van der Waals surface area (Å²) in [7, 11) is 0. The molecule has 0 aliphatic carbocycles. The molecule has 0 aliphatic heterocycles. The zero-order valence-corrected chi connectivity index (χ0v) is 19.1. The van der Waals surface area contributed by atoms with E-state index in [-0.39, 0.29) is 5.91 Å². The summed E-state index contributed by atoms with van der Waals surface area (Å²) in [5, 5.41) is 5.36. The number of carbonyl (C=O) groups excluding carboxylic acids is 1. The third kappa shape index (κ3) is 4.95. The number of nitrogen functional groups attached to an aromatic ring is 1. The maximum Gasteiger partial charge on any atom is 0.257 e. The highest BCUT2D eigenvalue weighted by Gasteiger charge is 2.14. The number of carbonyl (C=O) groups is 1. The van der Waals surface area contributed by atoms with Gasteiger partial charge in [0.25, 0.3) is 5.91 Å². The first-order chi connectivity index (χ1) is 14.9. The Morgan fingerprint density at radius 3 is 2.39 bits per heavy atom. The van der Waals surface area contributed by atoms with E-state index in [1.165, 1.54) is 32.9 Å². The summed E-state index contributed by atoms with van der Waals surface area (Å²) >= 11 is 3.15. The molecule has 31 heavy (non-hydrogen) atoms. The first-order valence-corrected chi connectivity index (χ1v) is 11.4. The lowest BCUT2D eigenvalue weighted by Gasteiger charge is -2.11. The highest BCUT2D eigenvalue weighted by molar-refractivity contribution is 7.99. The molecule has 0 saturated carbocycles. The maximum absolute atomic E-state index is 12.5. The van der Waals surface area contributed by atoms with Gasteiger partial charge in [-0.2, -0.15) is 0 Å². The van der Waals surface area contributed by atoms with Crippen molar-refractivity contribution in [3.05, 3.63) is 82.4 Å². The molecule has 4 rings (SSSR count). The minimum atomic E-state index is -0.256. The van der Waals surface area contributed by atoms with Crippen molar-refractivity contribution < 1.29 is 4.79 Å². The molecule has 1 amide bonds. The van der Waals surface area contributed by atoms with Crippen molar-refractivity contribution in [1.82, 2.24) is 9.97 Å². The average Bonchev–Trinajstić information content (AvgIpc) is 3.17. The third-order valence-corrected chi connectivity index (χ3v) is 6.52. The zero-order chi connectivity index (χ0) is 22.0. The summed E-state index contributed by atoms with van der Waals surface area (Å²) in [4.78, 5) is 23.4. The number of aromatic nitrogens is 2. The standard InChI is InChI=1S/C24H22N4OS2/c1-14-4-6-18(7-5-14)31-19-10-15(2)22(16(3)11-19)20-13-30-24(27-20)28-23(29)17-8-9-26-21(25)12-17/h4-13H,1-3H3,(H2,25,26)(H,27,28,29). The van der Waals surface area contributed by atoms with E-state index < -0.39 is 0 Å². The highest BCUT2D eigenvalue weighted by atomic mass is 32.2. The van der Waals surface area contributed by atoms with E-state index in [2.05, 4.69) is 72.5 Å². The number of anilines is 2. The molecule has 0 fully saturated rings. The number of benzene rings is 2. The summed E-state index contributed by atoms with van der Waals surface area (Å²) in [5.74, 6) is 0.0515. The number of hydrogen-bond donors (Lipinski definition) is 2. The monoisotopic (exact) mass is 446 g/mol. The molecule has 2 aromatic heterocycles. The molecule has 0 saturated heterocycles. The van der Waals surface area contributed by atoms with Gasteiger partial charge in [0.1, 0.15) is 5.82 Å². The molecular formula is C24H22N4OS2. The molecule has 2 aromatic carbocycles. The predicted molar refractivity (Wildman–Crippen MR) is 129 cm³/mol. The number of aryl methyl sites for hydroxylation is 3. The van der Waals surface area contributed by atoms with Crippen LogP contribution in [-0.4, -0.2) is 15.9 Å². The van der Waals surface area contributed by atoms with Gasteiger partial charge < -0.3 is 5.73 Å². The van der Waals surface area contributed by atoms with Gasteiger partial charge in [0.2, 0.25) is 0 Å². The van der Waals surface area contributed by atoms with E-state index >= 15 is 0 Å². The molecular weight excluding hydrogens is 424 g/mol. The van der Waals surface area contributed by atoms with Crippen molar-refractivity contribution in [2.75, 3.05) is 11.1 Å². The number of pyridine rings is 1. The van der Waals surface area contributed by atoms with Crippen LogP contribution in [0.25, 0.3) is 11.3 Å². The molecule has 3 N–H and O–H groups in total. The molecule has 0 atom stereocenters. The predicted octanol–water partition coefficient (Wildman–Crippen LogP) is 6.12. The number of thiazole rings is 1. The van der Waals surface area contributed by atoms with Crippen LogP contribution in [0.15, 0.2) is 69.9 Å². The average molecular weight is 447 g/mol. The topological polar surface area (TPSA) is 80.9 Å². The molecule has 5 nitrogen and oxygen atoms in total. The van der Waals surface area contributed by atoms with Gasteiger partial charge in [-0.1, -0.05) is 29.5 Å². The molecule has 0 bridgehead atoms. The first-order valence-electron chi connectivity index (χ1n) is 9.73. The fraction of sp³-hybridized carbons (Fsp3) is 0.125. The van der Waals surface area contributed by atoms with Gasteiger partial charge in [0.15, 0.2) is 5.13 Å². The molecule has 0 radical (unpaired) electrons. The van der Waals surface area contributed by atoms with Gasteiger partial charge in [-0.3, -0.25) is 10.1 Å². The summed E-state index contributed by atoms with van der Waals surface area (Å²) in [6.45, 7) is 6.28. The van der Waals surface area contributed by atoms with E-state index in [0.29, 0.717) is 16.5 Å². The SMILES string of the molecule is Cc1ccc(Sc2cc(C)c(-c3csc(NC(=O)c4ccnc(N)c4)n3)c(C)c2)cc1. The van der Waals surface area contributed by atoms with Crippen LogP contribution < -0.4 is 11.1 Å². The lowest BCUT2D eigenvalue weighted by Crippen LogP contribution is -2.12. The molecule has 7 heteroatoms. The van der Waals surface area contributed by atoms with Gasteiger partial charge >= 0.3 is 0 Å². The van der Waals surface area contributed by atoms with E-state index in [9.17, 15) is 4.79 Å². The number of hydrogen-bond acceptors (Lipinski definition) is 6. The van der Waals surface area contributed by atoms with Crippen LogP contribution in [0.3, 0.4) is 0 Å². The normalized spacial score (nSPS) is 10.8. The number of nitrogens with two attached hydrogens (primary N) is 1. The molecule has 2 heterocycles. The number of nitrogens with zero attached hydrogens (tertiary/aromatic N) is 2. The Kier molecular flexibility index (Phi) is 6.06. The van der Waals surface area contributed by atoms with Crippen LogP contribution in [0.5, 0.6) is 0 Å². The molecule has 156 valence electrons. The second-order valence-electron chi connectivity index (χ2n) is 7.31. The lowest BCUT2D eigenvalue weighted by atomic mass is 10.0. The Bertz CT molecular complexity index is 1230. The van der Waals surface area contributed by atoms with Crippen molar-refractivity contribution in [3.8, 4) is 11.3 Å². The van der Waals surface area contributed by atoms with Gasteiger partial charge in [-0.25, -0.2) is 9.97 Å². The number of rotatable bonds is 5. The van der Waals surface area contributed by atoms with Crippen molar-refractivity contribution in [1.29, 1.82) is 0 Å². The van der Waals surface area contributed by atoms with Crippen molar-refractivity contribution in [2.24, 2.45) is 0 Å². The smallest absolute Gasteiger partial charge is 0.257 e. The van der Waals surface area contributed by atoms with Gasteiger partial charge in [-0.15, -0.1) is 11.3 Å². The zero-order valence-electron chi connectivity index (χ0n) is 17.5. The largest absolute Gasteiger partial charge is 0.384 e. The van der Waals surface area contributed by atoms with Gasteiger partial charge in [0, 0.05) is 32.5 Å². The second kappa shape index (κ2) is 8.91.